The van der Waals surface area contributed by atoms with Crippen LogP contribution in [-0.2, 0) is 14.3 Å². The van der Waals surface area contributed by atoms with Gasteiger partial charge in [-0.2, -0.15) is 0 Å². The van der Waals surface area contributed by atoms with Crippen LogP contribution < -0.4 is 0 Å². The number of carbonyl (C=O) groups excluding carboxylic acids is 1. The Morgan fingerprint density at radius 1 is 0.969 bits per heavy atom. The molecule has 6 rings (SSSR count). The second-order valence-corrected chi connectivity index (χ2v) is 13.2. The minimum Gasteiger partial charge on any atom is -0.393 e. The van der Waals surface area contributed by atoms with Crippen molar-refractivity contribution >= 4 is 5.78 Å². The Bertz CT molecular complexity index is 789. The van der Waals surface area contributed by atoms with Crippen LogP contribution in [0.5, 0.6) is 0 Å². The highest BCUT2D eigenvalue weighted by atomic mass is 16.7. The van der Waals surface area contributed by atoms with Gasteiger partial charge in [0.2, 0.25) is 0 Å². The van der Waals surface area contributed by atoms with Crippen LogP contribution in [0.2, 0.25) is 0 Å². The van der Waals surface area contributed by atoms with Crippen molar-refractivity contribution in [2.45, 2.75) is 103 Å². The Morgan fingerprint density at radius 2 is 1.75 bits per heavy atom. The molecule has 2 N–H and O–H groups in total. The molecule has 32 heavy (non-hydrogen) atoms. The SMILES string of the molecule is C[C@@H]1CC[C@@]2(OC1)O[C@H]1C(=O)[C@H]3[C@@H]4CC[C@H]5C[C@@H](O)CC[C@]5(C)[C@H]4[C@@H](O)C[C@]3(C)[C@H]1[C@@H]2C. The van der Waals surface area contributed by atoms with Crippen LogP contribution in [0.1, 0.15) is 79.1 Å². The number of carbonyl (C=O) groups is 1. The molecule has 5 heteroatoms. The van der Waals surface area contributed by atoms with Gasteiger partial charge in [0.25, 0.3) is 0 Å². The van der Waals surface area contributed by atoms with Gasteiger partial charge in [0, 0.05) is 24.2 Å². The summed E-state index contributed by atoms with van der Waals surface area (Å²) >= 11 is 0. The molecule has 6 aliphatic rings. The van der Waals surface area contributed by atoms with E-state index in [0.717, 1.165) is 44.9 Å². The fourth-order valence-corrected chi connectivity index (χ4v) is 10.1. The minimum atomic E-state index is -0.615. The van der Waals surface area contributed by atoms with Gasteiger partial charge in [-0.25, -0.2) is 0 Å². The van der Waals surface area contributed by atoms with Crippen molar-refractivity contribution in [3.05, 3.63) is 0 Å². The number of Topliss-reactive ketones (excluding diaryl/α,β-unsaturated/α-hetero) is 1. The number of hydrogen-bond acceptors (Lipinski definition) is 5. The molecule has 0 radical (unpaired) electrons. The zero-order valence-corrected chi connectivity index (χ0v) is 20.3. The molecule has 1 spiro atoms. The maximum atomic E-state index is 14.0. The number of ether oxygens (including phenoxy) is 2. The second kappa shape index (κ2) is 7.02. The van der Waals surface area contributed by atoms with Crippen LogP contribution >= 0.6 is 0 Å². The highest BCUT2D eigenvalue weighted by Gasteiger charge is 2.73. The van der Waals surface area contributed by atoms with Gasteiger partial charge in [-0.3, -0.25) is 4.79 Å². The maximum Gasteiger partial charge on any atom is 0.172 e. The second-order valence-electron chi connectivity index (χ2n) is 13.2. The van der Waals surface area contributed by atoms with Crippen LogP contribution in [0.25, 0.3) is 0 Å². The van der Waals surface area contributed by atoms with Crippen LogP contribution in [0.4, 0.5) is 0 Å². The molecule has 180 valence electrons. The van der Waals surface area contributed by atoms with E-state index in [0.29, 0.717) is 30.6 Å². The van der Waals surface area contributed by atoms with Crippen molar-refractivity contribution in [3.8, 4) is 0 Å². The van der Waals surface area contributed by atoms with Gasteiger partial charge in [-0.15, -0.1) is 0 Å². The predicted octanol–water partition coefficient (Wildman–Crippen LogP) is 3.94. The van der Waals surface area contributed by atoms with Gasteiger partial charge >= 0.3 is 0 Å². The lowest BCUT2D eigenvalue weighted by Crippen LogP contribution is -2.60. The summed E-state index contributed by atoms with van der Waals surface area (Å²) in [4.78, 5) is 14.0. The first kappa shape index (κ1) is 22.0. The first-order valence-corrected chi connectivity index (χ1v) is 13.3. The highest BCUT2D eigenvalue weighted by Crippen LogP contribution is 2.70. The average Bonchev–Trinajstić information content (AvgIpc) is 3.14. The quantitative estimate of drug-likeness (QED) is 0.589. The van der Waals surface area contributed by atoms with Gasteiger partial charge in [0.05, 0.1) is 18.8 Å². The Hall–Kier alpha value is -0.490. The number of rotatable bonds is 0. The number of ketones is 1. The van der Waals surface area contributed by atoms with Crippen molar-refractivity contribution in [2.24, 2.45) is 52.3 Å². The minimum absolute atomic E-state index is 0.0159. The van der Waals surface area contributed by atoms with E-state index in [9.17, 15) is 15.0 Å². The van der Waals surface area contributed by atoms with Gasteiger partial charge in [0.15, 0.2) is 11.6 Å². The topological polar surface area (TPSA) is 76.0 Å². The van der Waals surface area contributed by atoms with Crippen LogP contribution in [0, 0.1) is 52.3 Å². The smallest absolute Gasteiger partial charge is 0.172 e. The fourth-order valence-electron chi connectivity index (χ4n) is 10.1. The van der Waals surface area contributed by atoms with Gasteiger partial charge < -0.3 is 19.7 Å². The molecule has 0 unspecified atom stereocenters. The summed E-state index contributed by atoms with van der Waals surface area (Å²) in [6.07, 6.45) is 6.38. The molecule has 0 aromatic heterocycles. The molecule has 5 nitrogen and oxygen atoms in total. The molecule has 0 aromatic rings. The molecule has 0 amide bonds. The van der Waals surface area contributed by atoms with Crippen molar-refractivity contribution in [2.75, 3.05) is 6.61 Å². The zero-order valence-electron chi connectivity index (χ0n) is 20.3. The number of fused-ring (bicyclic) bond motifs is 7. The van der Waals surface area contributed by atoms with E-state index in [1.54, 1.807) is 0 Å². The van der Waals surface area contributed by atoms with E-state index in [2.05, 4.69) is 27.7 Å². The zero-order chi connectivity index (χ0) is 22.6. The largest absolute Gasteiger partial charge is 0.393 e. The summed E-state index contributed by atoms with van der Waals surface area (Å²) in [7, 11) is 0. The number of aliphatic hydroxyl groups excluding tert-OH is 2. The van der Waals surface area contributed by atoms with Gasteiger partial charge in [-0.1, -0.05) is 27.7 Å². The maximum absolute atomic E-state index is 14.0. The molecule has 4 saturated carbocycles. The molecule has 13 atom stereocenters. The fraction of sp³-hybridized carbons (Fsp3) is 0.963. The Labute approximate surface area is 192 Å². The summed E-state index contributed by atoms with van der Waals surface area (Å²) < 4.78 is 12.9. The van der Waals surface area contributed by atoms with Crippen molar-refractivity contribution in [1.29, 1.82) is 0 Å². The average molecular weight is 447 g/mol. The third-order valence-corrected chi connectivity index (χ3v) is 11.6. The van der Waals surface area contributed by atoms with Crippen molar-refractivity contribution < 1.29 is 24.5 Å². The van der Waals surface area contributed by atoms with Crippen molar-refractivity contribution in [1.82, 2.24) is 0 Å². The lowest BCUT2D eigenvalue weighted by Gasteiger charge is -2.62. The van der Waals surface area contributed by atoms with E-state index in [4.69, 9.17) is 9.47 Å². The Kier molecular flexibility index (Phi) is 4.83. The Morgan fingerprint density at radius 3 is 2.47 bits per heavy atom. The molecular weight excluding hydrogens is 404 g/mol. The third kappa shape index (κ3) is 2.69. The van der Waals surface area contributed by atoms with E-state index in [1.807, 2.05) is 0 Å². The van der Waals surface area contributed by atoms with Crippen LogP contribution in [0.15, 0.2) is 0 Å². The van der Waals surface area contributed by atoms with E-state index < -0.39 is 5.79 Å². The molecular formula is C27H42O5. The van der Waals surface area contributed by atoms with Crippen molar-refractivity contribution in [3.63, 3.8) is 0 Å². The summed E-state index contributed by atoms with van der Waals surface area (Å²) in [6.45, 7) is 9.78. The van der Waals surface area contributed by atoms with Crippen LogP contribution in [-0.4, -0.2) is 46.7 Å². The summed E-state index contributed by atoms with van der Waals surface area (Å²) in [5.41, 5.74) is -0.202. The van der Waals surface area contributed by atoms with Gasteiger partial charge in [-0.05, 0) is 79.4 Å². The molecule has 2 saturated heterocycles. The molecule has 6 fully saturated rings. The first-order valence-electron chi connectivity index (χ1n) is 13.3. The van der Waals surface area contributed by atoms with E-state index >= 15 is 0 Å². The lowest BCUT2D eigenvalue weighted by atomic mass is 9.43. The number of hydrogen-bond donors (Lipinski definition) is 2. The van der Waals surface area contributed by atoms with Gasteiger partial charge in [0.1, 0.15) is 6.10 Å². The standard InChI is InChI=1S/C27H42O5/c1-14-7-10-27(31-13-14)15(2)20-24(32-27)23(30)22-18-6-5-16-11-17(28)8-9-25(16,3)21(18)19(29)12-26(20,22)4/h14-22,24,28-29H,5-13H2,1-4H3/t14-,15+,16+,17+,18-,19+,20+,21-,22-,24-,25+,26-,27-/m1/s1. The first-order chi connectivity index (χ1) is 15.1. The van der Waals surface area contributed by atoms with E-state index in [-0.39, 0.29) is 58.7 Å². The molecule has 0 bridgehead atoms. The summed E-state index contributed by atoms with van der Waals surface area (Å²) in [5, 5.41) is 22.0. The normalized spacial score (nSPS) is 61.8. The lowest BCUT2D eigenvalue weighted by molar-refractivity contribution is -0.270. The Balaban J connectivity index is 1.33. The highest BCUT2D eigenvalue weighted by molar-refractivity contribution is 5.90. The monoisotopic (exact) mass is 446 g/mol. The van der Waals surface area contributed by atoms with E-state index in [1.165, 1.54) is 0 Å². The predicted molar refractivity (Wildman–Crippen MR) is 120 cm³/mol. The molecule has 2 heterocycles. The van der Waals surface area contributed by atoms with Crippen LogP contribution in [0.3, 0.4) is 0 Å². The third-order valence-electron chi connectivity index (χ3n) is 11.6. The summed E-state index contributed by atoms with van der Waals surface area (Å²) in [5.74, 6) is 1.35. The molecule has 0 aromatic carbocycles. The summed E-state index contributed by atoms with van der Waals surface area (Å²) in [6, 6.07) is 0. The molecule has 4 aliphatic carbocycles. The number of aliphatic hydroxyl groups is 2. The molecule has 2 aliphatic heterocycles.